The summed E-state index contributed by atoms with van der Waals surface area (Å²) in [6.45, 7) is 8.27. The van der Waals surface area contributed by atoms with Gasteiger partial charge in [0.2, 0.25) is 0 Å². The molecule has 2 aliphatic rings. The molecule has 0 radical (unpaired) electrons. The molecule has 0 nitrogen and oxygen atoms in total. The lowest BCUT2D eigenvalue weighted by atomic mass is 10.1. The molecule has 25 heavy (non-hydrogen) atoms. The molecule has 0 heterocycles. The molecule has 0 aromatic heterocycles. The van der Waals surface area contributed by atoms with E-state index in [2.05, 4.69) is 92.1 Å². The molecule has 0 bridgehead atoms. The zero-order valence-corrected chi connectivity index (χ0v) is 15.6. The number of hydrogen-bond acceptors (Lipinski definition) is 0. The average molecular weight is 341 g/mol. The quantitative estimate of drug-likeness (QED) is 0.411. The zero-order chi connectivity index (χ0) is 17.3. The second-order valence-electron chi connectivity index (χ2n) is 7.07. The SMILES string of the molecule is C=CC[Si](CC=C)(C1=CC=CC1)C1c2ccccc2-c2ccccc21. The van der Waals surface area contributed by atoms with E-state index in [-0.39, 0.29) is 0 Å². The van der Waals surface area contributed by atoms with Gasteiger partial charge in [-0.05, 0) is 40.8 Å². The van der Waals surface area contributed by atoms with Gasteiger partial charge in [-0.25, -0.2) is 0 Å². The molecule has 2 aromatic carbocycles. The van der Waals surface area contributed by atoms with Gasteiger partial charge in [0.1, 0.15) is 8.07 Å². The Labute approximate surface area is 151 Å². The van der Waals surface area contributed by atoms with Crippen molar-refractivity contribution in [3.8, 4) is 11.1 Å². The molecule has 0 amide bonds. The monoisotopic (exact) mass is 340 g/mol. The fraction of sp³-hybridized carbons (Fsp3) is 0.167. The fourth-order valence-corrected chi connectivity index (χ4v) is 10.1. The lowest BCUT2D eigenvalue weighted by Gasteiger charge is -2.39. The van der Waals surface area contributed by atoms with Crippen LogP contribution in [0.15, 0.2) is 97.3 Å². The molecule has 0 fully saturated rings. The maximum Gasteiger partial charge on any atom is 0.101 e. The molecular formula is C24H24Si. The van der Waals surface area contributed by atoms with Gasteiger partial charge in [0.05, 0.1) is 0 Å². The van der Waals surface area contributed by atoms with Crippen LogP contribution in [0.1, 0.15) is 23.1 Å². The van der Waals surface area contributed by atoms with Crippen molar-refractivity contribution in [3.05, 3.63) is 108 Å². The number of allylic oxidation sites excluding steroid dienone is 6. The molecule has 0 saturated heterocycles. The van der Waals surface area contributed by atoms with Crippen LogP contribution >= 0.6 is 0 Å². The van der Waals surface area contributed by atoms with Crippen LogP contribution in [0.25, 0.3) is 11.1 Å². The highest BCUT2D eigenvalue weighted by atomic mass is 28.3. The van der Waals surface area contributed by atoms with Crippen molar-refractivity contribution in [2.75, 3.05) is 0 Å². The van der Waals surface area contributed by atoms with Gasteiger partial charge >= 0.3 is 0 Å². The van der Waals surface area contributed by atoms with Crippen LogP contribution < -0.4 is 0 Å². The molecule has 0 atom stereocenters. The van der Waals surface area contributed by atoms with E-state index in [1.54, 1.807) is 5.20 Å². The Kier molecular flexibility index (Phi) is 4.18. The topological polar surface area (TPSA) is 0 Å². The standard InChI is InChI=1S/C24H24Si/c1-3-17-25(18-4-2,19-11-5-6-12-19)24-22-15-9-7-13-20(22)21-14-8-10-16-23(21)24/h3-11,13-16,24H,1-2,12,17-18H2. The molecule has 124 valence electrons. The summed E-state index contributed by atoms with van der Waals surface area (Å²) >= 11 is 0. The highest BCUT2D eigenvalue weighted by molar-refractivity contribution is 6.89. The second kappa shape index (κ2) is 6.49. The highest BCUT2D eigenvalue weighted by Crippen LogP contribution is 2.53. The summed E-state index contributed by atoms with van der Waals surface area (Å²) in [5.41, 5.74) is 6.33. The first-order valence-corrected chi connectivity index (χ1v) is 11.6. The summed E-state index contributed by atoms with van der Waals surface area (Å²) in [5, 5.41) is 1.64. The summed E-state index contributed by atoms with van der Waals surface area (Å²) in [7, 11) is -1.87. The van der Waals surface area contributed by atoms with Crippen LogP contribution in [0, 0.1) is 0 Å². The molecule has 2 aliphatic carbocycles. The highest BCUT2D eigenvalue weighted by Gasteiger charge is 2.47. The van der Waals surface area contributed by atoms with E-state index in [4.69, 9.17) is 0 Å². The van der Waals surface area contributed by atoms with Gasteiger partial charge < -0.3 is 0 Å². The molecular weight excluding hydrogens is 316 g/mol. The summed E-state index contributed by atoms with van der Waals surface area (Å²) < 4.78 is 0. The average Bonchev–Trinajstić information content (AvgIpc) is 3.28. The van der Waals surface area contributed by atoms with Crippen molar-refractivity contribution in [2.24, 2.45) is 0 Å². The predicted molar refractivity (Wildman–Crippen MR) is 111 cm³/mol. The van der Waals surface area contributed by atoms with Crippen molar-refractivity contribution < 1.29 is 0 Å². The van der Waals surface area contributed by atoms with E-state index in [1.165, 1.54) is 22.3 Å². The molecule has 2 aromatic rings. The van der Waals surface area contributed by atoms with E-state index in [0.29, 0.717) is 5.54 Å². The third kappa shape index (κ3) is 2.42. The van der Waals surface area contributed by atoms with Gasteiger partial charge in [-0.2, -0.15) is 0 Å². The van der Waals surface area contributed by atoms with Crippen molar-refractivity contribution >= 4 is 8.07 Å². The van der Waals surface area contributed by atoms with Crippen LogP contribution in [0.5, 0.6) is 0 Å². The van der Waals surface area contributed by atoms with Crippen molar-refractivity contribution in [3.63, 3.8) is 0 Å². The number of rotatable bonds is 6. The van der Waals surface area contributed by atoms with Gasteiger partial charge in [-0.3, -0.25) is 0 Å². The Morgan fingerprint density at radius 1 is 0.880 bits per heavy atom. The molecule has 0 unspecified atom stereocenters. The number of fused-ring (bicyclic) bond motifs is 3. The minimum absolute atomic E-state index is 0.488. The predicted octanol–water partition coefficient (Wildman–Crippen LogP) is 6.58. The largest absolute Gasteiger partial charge is 0.103 e. The summed E-state index contributed by atoms with van der Waals surface area (Å²) in [6, 6.07) is 20.2. The Morgan fingerprint density at radius 2 is 1.44 bits per heavy atom. The van der Waals surface area contributed by atoms with E-state index in [0.717, 1.165) is 18.5 Å². The van der Waals surface area contributed by atoms with E-state index in [9.17, 15) is 0 Å². The first kappa shape index (κ1) is 16.1. The molecule has 1 heteroatoms. The minimum Gasteiger partial charge on any atom is -0.103 e. The third-order valence-electron chi connectivity index (χ3n) is 5.81. The zero-order valence-electron chi connectivity index (χ0n) is 14.6. The van der Waals surface area contributed by atoms with Crippen LogP contribution in [0.4, 0.5) is 0 Å². The van der Waals surface area contributed by atoms with Gasteiger partial charge in [0.15, 0.2) is 0 Å². The van der Waals surface area contributed by atoms with Gasteiger partial charge in [-0.1, -0.05) is 84.1 Å². The maximum atomic E-state index is 4.14. The summed E-state index contributed by atoms with van der Waals surface area (Å²) in [4.78, 5) is 0. The van der Waals surface area contributed by atoms with Gasteiger partial charge in [0.25, 0.3) is 0 Å². The van der Waals surface area contributed by atoms with Crippen molar-refractivity contribution in [1.82, 2.24) is 0 Å². The van der Waals surface area contributed by atoms with Crippen LogP contribution in [0.2, 0.25) is 12.1 Å². The molecule has 4 rings (SSSR count). The molecule has 0 spiro atoms. The molecule has 0 aliphatic heterocycles. The Bertz CT molecular complexity index is 829. The van der Waals surface area contributed by atoms with Gasteiger partial charge in [-0.15, -0.1) is 13.2 Å². The second-order valence-corrected chi connectivity index (χ2v) is 11.4. The first-order chi connectivity index (χ1) is 12.3. The van der Waals surface area contributed by atoms with Crippen LogP contribution in [-0.2, 0) is 0 Å². The van der Waals surface area contributed by atoms with Crippen LogP contribution in [0.3, 0.4) is 0 Å². The maximum absolute atomic E-state index is 4.14. The van der Waals surface area contributed by atoms with E-state index < -0.39 is 8.07 Å². The van der Waals surface area contributed by atoms with Crippen molar-refractivity contribution in [1.29, 1.82) is 0 Å². The Hall–Kier alpha value is -2.38. The van der Waals surface area contributed by atoms with Crippen molar-refractivity contribution in [2.45, 2.75) is 24.1 Å². The fourth-order valence-electron chi connectivity index (χ4n) is 4.85. The minimum atomic E-state index is -1.87. The first-order valence-electron chi connectivity index (χ1n) is 9.08. The lowest BCUT2D eigenvalue weighted by molar-refractivity contribution is 1.07. The summed E-state index contributed by atoms with van der Waals surface area (Å²) in [6.07, 6.45) is 12.3. The van der Waals surface area contributed by atoms with E-state index in [1.807, 2.05) is 0 Å². The molecule has 0 saturated carbocycles. The van der Waals surface area contributed by atoms with E-state index >= 15 is 0 Å². The Balaban J connectivity index is 1.98. The van der Waals surface area contributed by atoms with Gasteiger partial charge in [0, 0.05) is 5.54 Å². The molecule has 0 N–H and O–H groups in total. The number of hydrogen-bond donors (Lipinski definition) is 0. The van der Waals surface area contributed by atoms with Crippen LogP contribution in [-0.4, -0.2) is 8.07 Å². The lowest BCUT2D eigenvalue weighted by Crippen LogP contribution is -2.43. The smallest absolute Gasteiger partial charge is 0.101 e. The third-order valence-corrected chi connectivity index (χ3v) is 11.2. The Morgan fingerprint density at radius 3 is 1.92 bits per heavy atom. The summed E-state index contributed by atoms with van der Waals surface area (Å²) in [5.74, 6) is 0. The number of benzene rings is 2. The normalized spacial score (nSPS) is 15.6.